The maximum atomic E-state index is 2.39. The third-order valence-electron chi connectivity index (χ3n) is 1.35. The number of hydrogen-bond acceptors (Lipinski definition) is 0. The predicted octanol–water partition coefficient (Wildman–Crippen LogP) is 2.90. The fourth-order valence-corrected chi connectivity index (χ4v) is 1.18. The van der Waals surface area contributed by atoms with Crippen LogP contribution in [0.3, 0.4) is 0 Å². The van der Waals surface area contributed by atoms with E-state index in [-0.39, 0.29) is 0 Å². The first-order valence-electron chi connectivity index (χ1n) is 2.83. The first kappa shape index (κ1) is 6.33. The summed E-state index contributed by atoms with van der Waals surface area (Å²) in [7, 11) is 0. The molecule has 0 fully saturated rings. The van der Waals surface area contributed by atoms with E-state index in [1.807, 2.05) is 0 Å². The van der Waals surface area contributed by atoms with E-state index in [4.69, 9.17) is 0 Å². The minimum atomic E-state index is 0.764. The highest BCUT2D eigenvalue weighted by Crippen LogP contribution is 2.24. The quantitative estimate of drug-likeness (QED) is 0.550. The van der Waals surface area contributed by atoms with Gasteiger partial charge in [0, 0.05) is 0 Å². The second kappa shape index (κ2) is 2.67. The third-order valence-corrected chi connectivity index (χ3v) is 2.77. The molecule has 44 valence electrons. The Kier molecular flexibility index (Phi) is 2.11. The first-order valence-corrected chi connectivity index (χ1v) is 3.91. The summed E-state index contributed by atoms with van der Waals surface area (Å²) in [6, 6.07) is 0. The molecule has 0 bridgehead atoms. The van der Waals surface area contributed by atoms with Crippen molar-refractivity contribution in [3.63, 3.8) is 0 Å². The van der Waals surface area contributed by atoms with Gasteiger partial charge in [0.05, 0.1) is 0 Å². The molecule has 0 spiro atoms. The van der Waals surface area contributed by atoms with Crippen LogP contribution in [0.25, 0.3) is 0 Å². The van der Waals surface area contributed by atoms with Gasteiger partial charge in [-0.05, 0) is 38.5 Å². The molecule has 1 aliphatic rings. The minimum absolute atomic E-state index is 0.764. The van der Waals surface area contributed by atoms with Crippen LogP contribution in [0.15, 0.2) is 21.8 Å². The smallest absolute Gasteiger partial charge is 0.00629 e. The lowest BCUT2D eigenvalue weighted by Gasteiger charge is -2.09. The molecule has 1 aliphatic carbocycles. The van der Waals surface area contributed by atoms with Crippen LogP contribution in [-0.2, 0) is 0 Å². The zero-order valence-electron chi connectivity index (χ0n) is 4.89. The molecule has 0 saturated heterocycles. The fourth-order valence-electron chi connectivity index (χ4n) is 0.720. The second-order valence-corrected chi connectivity index (χ2v) is 3.36. The van der Waals surface area contributed by atoms with Crippen LogP contribution in [-0.4, -0.2) is 0 Å². The average molecular weight is 220 g/mol. The van der Waals surface area contributed by atoms with E-state index in [0.29, 0.717) is 0 Å². The molecule has 0 amide bonds. The molecule has 8 heavy (non-hydrogen) atoms. The molecule has 1 atom stereocenters. The Balaban J connectivity index is 2.66. The van der Waals surface area contributed by atoms with Crippen LogP contribution < -0.4 is 0 Å². The van der Waals surface area contributed by atoms with Gasteiger partial charge in [0.25, 0.3) is 0 Å². The van der Waals surface area contributed by atoms with Gasteiger partial charge in [-0.3, -0.25) is 0 Å². The molecular formula is C7H9I. The normalized spacial score (nSPS) is 27.8. The van der Waals surface area contributed by atoms with Gasteiger partial charge in [0.1, 0.15) is 0 Å². The molecule has 0 nitrogen and oxygen atoms in total. The first-order chi connectivity index (χ1) is 3.80. The van der Waals surface area contributed by atoms with Crippen molar-refractivity contribution in [2.75, 3.05) is 0 Å². The van der Waals surface area contributed by atoms with Gasteiger partial charge in [0.15, 0.2) is 0 Å². The van der Waals surface area contributed by atoms with Crippen molar-refractivity contribution >= 4 is 22.6 Å². The summed E-state index contributed by atoms with van der Waals surface area (Å²) < 4.78 is 1.48. The largest absolute Gasteiger partial charge is 0.0839 e. The van der Waals surface area contributed by atoms with Crippen molar-refractivity contribution in [3.05, 3.63) is 21.8 Å². The average Bonchev–Trinajstić information content (AvgIpc) is 1.77. The van der Waals surface area contributed by atoms with Crippen molar-refractivity contribution in [3.8, 4) is 0 Å². The van der Waals surface area contributed by atoms with Crippen molar-refractivity contribution in [1.29, 1.82) is 0 Å². The van der Waals surface area contributed by atoms with Crippen LogP contribution in [0.5, 0.6) is 0 Å². The van der Waals surface area contributed by atoms with E-state index in [9.17, 15) is 0 Å². The lowest BCUT2D eigenvalue weighted by molar-refractivity contribution is 0.731. The molecule has 0 heterocycles. The highest BCUT2D eigenvalue weighted by molar-refractivity contribution is 14.1. The third kappa shape index (κ3) is 1.34. The lowest BCUT2D eigenvalue weighted by atomic mass is 10.0. The Bertz CT molecular complexity index is 133. The number of hydrogen-bond donors (Lipinski definition) is 0. The fraction of sp³-hybridized carbons (Fsp3) is 0.429. The van der Waals surface area contributed by atoms with E-state index < -0.39 is 0 Å². The number of rotatable bonds is 0. The molecule has 0 aromatic carbocycles. The van der Waals surface area contributed by atoms with Crippen molar-refractivity contribution in [1.82, 2.24) is 0 Å². The maximum absolute atomic E-state index is 2.39. The SMILES string of the molecule is C[C@@H]1CC=CC=C1I. The van der Waals surface area contributed by atoms with Gasteiger partial charge in [-0.2, -0.15) is 0 Å². The van der Waals surface area contributed by atoms with Crippen LogP contribution in [0.1, 0.15) is 13.3 Å². The molecule has 1 rings (SSSR count). The van der Waals surface area contributed by atoms with Gasteiger partial charge in [0.2, 0.25) is 0 Å². The summed E-state index contributed by atoms with van der Waals surface area (Å²) in [5.74, 6) is 0.764. The molecule has 0 unspecified atom stereocenters. The summed E-state index contributed by atoms with van der Waals surface area (Å²) in [5, 5.41) is 0. The standard InChI is InChI=1S/C7H9I/c1-6-4-2-3-5-7(6)8/h2-3,5-6H,4H2,1H3/t6-/m1/s1. The highest BCUT2D eigenvalue weighted by atomic mass is 127. The Morgan fingerprint density at radius 1 is 1.75 bits per heavy atom. The minimum Gasteiger partial charge on any atom is -0.0839 e. The molecular weight excluding hydrogens is 211 g/mol. The molecule has 0 aromatic heterocycles. The van der Waals surface area contributed by atoms with Gasteiger partial charge in [-0.15, -0.1) is 0 Å². The predicted molar refractivity (Wildman–Crippen MR) is 45.0 cm³/mol. The van der Waals surface area contributed by atoms with Gasteiger partial charge in [-0.1, -0.05) is 25.2 Å². The summed E-state index contributed by atoms with van der Waals surface area (Å²) in [6.45, 7) is 2.25. The van der Waals surface area contributed by atoms with Crippen molar-refractivity contribution in [2.24, 2.45) is 5.92 Å². The van der Waals surface area contributed by atoms with E-state index >= 15 is 0 Å². The summed E-state index contributed by atoms with van der Waals surface area (Å²) in [6.07, 6.45) is 7.73. The van der Waals surface area contributed by atoms with Crippen molar-refractivity contribution < 1.29 is 0 Å². The van der Waals surface area contributed by atoms with E-state index in [1.165, 1.54) is 10.0 Å². The molecule has 0 saturated carbocycles. The summed E-state index contributed by atoms with van der Waals surface area (Å²) >= 11 is 2.39. The molecule has 0 aromatic rings. The number of halogens is 1. The topological polar surface area (TPSA) is 0 Å². The second-order valence-electron chi connectivity index (χ2n) is 2.12. The Morgan fingerprint density at radius 2 is 2.50 bits per heavy atom. The zero-order valence-corrected chi connectivity index (χ0v) is 7.05. The Morgan fingerprint density at radius 3 is 2.88 bits per heavy atom. The summed E-state index contributed by atoms with van der Waals surface area (Å²) in [4.78, 5) is 0. The van der Waals surface area contributed by atoms with Crippen molar-refractivity contribution in [2.45, 2.75) is 13.3 Å². The molecule has 0 radical (unpaired) electrons. The lowest BCUT2D eigenvalue weighted by Crippen LogP contribution is -1.93. The van der Waals surface area contributed by atoms with E-state index in [2.05, 4.69) is 47.7 Å². The molecule has 0 aliphatic heterocycles. The highest BCUT2D eigenvalue weighted by Gasteiger charge is 2.04. The Labute approximate surface area is 63.8 Å². The zero-order chi connectivity index (χ0) is 5.98. The molecule has 1 heteroatoms. The van der Waals surface area contributed by atoms with Crippen LogP contribution >= 0.6 is 22.6 Å². The number of allylic oxidation sites excluding steroid dienone is 4. The molecule has 0 N–H and O–H groups in total. The summed E-state index contributed by atoms with van der Waals surface area (Å²) in [5.41, 5.74) is 0. The van der Waals surface area contributed by atoms with E-state index in [0.717, 1.165) is 5.92 Å². The van der Waals surface area contributed by atoms with Gasteiger partial charge in [-0.25, -0.2) is 0 Å². The van der Waals surface area contributed by atoms with E-state index in [1.54, 1.807) is 0 Å². The van der Waals surface area contributed by atoms with Gasteiger partial charge >= 0.3 is 0 Å². The monoisotopic (exact) mass is 220 g/mol. The van der Waals surface area contributed by atoms with Crippen LogP contribution in [0, 0.1) is 5.92 Å². The van der Waals surface area contributed by atoms with Crippen LogP contribution in [0.2, 0.25) is 0 Å². The Hall–Kier alpha value is 0.210. The maximum Gasteiger partial charge on any atom is -0.00629 e. The van der Waals surface area contributed by atoms with Gasteiger partial charge < -0.3 is 0 Å². The van der Waals surface area contributed by atoms with Crippen LogP contribution in [0.4, 0.5) is 0 Å².